The first kappa shape index (κ1) is 14.7. The number of β-amino-alcohol motifs (C(OH)–C–C–N with tert-alkyl or cyclic N) is 1. The maximum Gasteiger partial charge on any atom is 0.161 e. The minimum atomic E-state index is -0.465. The fraction of sp³-hybridized carbons (Fsp3) is 0.647. The minimum absolute atomic E-state index is 0.465. The summed E-state index contributed by atoms with van der Waals surface area (Å²) in [6, 6.07) is 6.39. The van der Waals surface area contributed by atoms with Crippen molar-refractivity contribution in [3.8, 4) is 11.5 Å². The third kappa shape index (κ3) is 3.33. The molecular formula is C17H25NO3. The van der Waals surface area contributed by atoms with Crippen molar-refractivity contribution in [2.24, 2.45) is 0 Å². The Morgan fingerprint density at radius 1 is 1.24 bits per heavy atom. The van der Waals surface area contributed by atoms with Gasteiger partial charge in [0.2, 0.25) is 0 Å². The summed E-state index contributed by atoms with van der Waals surface area (Å²) in [5.74, 6) is 1.53. The van der Waals surface area contributed by atoms with Crippen LogP contribution < -0.4 is 9.47 Å². The van der Waals surface area contributed by atoms with Gasteiger partial charge in [0.25, 0.3) is 0 Å². The van der Waals surface area contributed by atoms with E-state index < -0.39 is 6.10 Å². The molecule has 2 aliphatic heterocycles. The van der Waals surface area contributed by atoms with Gasteiger partial charge in [0, 0.05) is 12.6 Å². The zero-order valence-corrected chi connectivity index (χ0v) is 12.8. The van der Waals surface area contributed by atoms with E-state index in [4.69, 9.17) is 9.47 Å². The van der Waals surface area contributed by atoms with Gasteiger partial charge in [-0.1, -0.05) is 19.4 Å². The third-order valence-electron chi connectivity index (χ3n) is 4.58. The van der Waals surface area contributed by atoms with E-state index in [1.807, 2.05) is 18.2 Å². The molecule has 116 valence electrons. The number of ether oxygens (including phenoxy) is 2. The molecule has 3 rings (SSSR count). The topological polar surface area (TPSA) is 41.9 Å². The normalized spacial score (nSPS) is 23.8. The van der Waals surface area contributed by atoms with Gasteiger partial charge in [-0.2, -0.15) is 0 Å². The maximum absolute atomic E-state index is 10.5. The number of hydrogen-bond acceptors (Lipinski definition) is 4. The van der Waals surface area contributed by atoms with Crippen LogP contribution in [0.1, 0.15) is 44.3 Å². The summed E-state index contributed by atoms with van der Waals surface area (Å²) in [5, 5.41) is 10.5. The number of fused-ring (bicyclic) bond motifs is 1. The average Bonchev–Trinajstić information content (AvgIpc) is 2.55. The van der Waals surface area contributed by atoms with Crippen LogP contribution in [0.3, 0.4) is 0 Å². The molecule has 0 spiro atoms. The van der Waals surface area contributed by atoms with Crippen LogP contribution in [0.25, 0.3) is 0 Å². The molecular weight excluding hydrogens is 266 g/mol. The summed E-state index contributed by atoms with van der Waals surface area (Å²) in [7, 11) is 0. The smallest absolute Gasteiger partial charge is 0.161 e. The van der Waals surface area contributed by atoms with Crippen molar-refractivity contribution in [3.63, 3.8) is 0 Å². The molecule has 0 aliphatic carbocycles. The summed E-state index contributed by atoms with van der Waals surface area (Å²) in [6.45, 7) is 5.22. The Balaban J connectivity index is 1.68. The quantitative estimate of drug-likeness (QED) is 0.926. The number of aliphatic hydroxyl groups excluding tert-OH is 1. The molecule has 1 fully saturated rings. The first-order valence-corrected chi connectivity index (χ1v) is 8.09. The highest BCUT2D eigenvalue weighted by Crippen LogP contribution is 2.33. The van der Waals surface area contributed by atoms with E-state index in [-0.39, 0.29) is 0 Å². The van der Waals surface area contributed by atoms with Gasteiger partial charge < -0.3 is 14.6 Å². The first-order chi connectivity index (χ1) is 10.3. The predicted molar refractivity (Wildman–Crippen MR) is 81.9 cm³/mol. The number of nitrogens with zero attached hydrogens (tertiary/aromatic N) is 1. The number of aliphatic hydroxyl groups is 1. The summed E-state index contributed by atoms with van der Waals surface area (Å²) in [5.41, 5.74) is 0.916. The van der Waals surface area contributed by atoms with Crippen LogP contribution in [0.15, 0.2) is 18.2 Å². The summed E-state index contributed by atoms with van der Waals surface area (Å²) < 4.78 is 11.1. The molecule has 2 heterocycles. The number of rotatable bonds is 4. The van der Waals surface area contributed by atoms with Gasteiger partial charge in [-0.25, -0.2) is 0 Å². The standard InChI is InChI=1S/C17H25NO3/c1-2-14-5-3-4-8-18(14)12-15(19)13-6-7-16-17(11-13)21-10-9-20-16/h6-7,11,14-15,19H,2-5,8-10,12H2,1H3. The van der Waals surface area contributed by atoms with Gasteiger partial charge in [0.05, 0.1) is 6.10 Å². The second kappa shape index (κ2) is 6.67. The molecule has 0 saturated carbocycles. The van der Waals surface area contributed by atoms with Gasteiger partial charge in [-0.3, -0.25) is 4.90 Å². The molecule has 2 atom stereocenters. The zero-order chi connectivity index (χ0) is 14.7. The van der Waals surface area contributed by atoms with Gasteiger partial charge >= 0.3 is 0 Å². The van der Waals surface area contributed by atoms with Crippen LogP contribution in [-0.4, -0.2) is 42.4 Å². The van der Waals surface area contributed by atoms with E-state index in [0.29, 0.717) is 25.8 Å². The summed E-state index contributed by atoms with van der Waals surface area (Å²) in [4.78, 5) is 2.44. The predicted octanol–water partition coefficient (Wildman–Crippen LogP) is 2.76. The van der Waals surface area contributed by atoms with Crippen molar-refractivity contribution in [1.29, 1.82) is 0 Å². The van der Waals surface area contributed by atoms with E-state index in [9.17, 15) is 5.11 Å². The van der Waals surface area contributed by atoms with E-state index in [2.05, 4.69) is 11.8 Å². The lowest BCUT2D eigenvalue weighted by Crippen LogP contribution is -2.41. The number of hydrogen-bond donors (Lipinski definition) is 1. The van der Waals surface area contributed by atoms with Crippen molar-refractivity contribution >= 4 is 0 Å². The molecule has 0 bridgehead atoms. The fourth-order valence-corrected chi connectivity index (χ4v) is 3.36. The molecule has 1 N–H and O–H groups in total. The largest absolute Gasteiger partial charge is 0.486 e. The Kier molecular flexibility index (Phi) is 4.66. The number of benzene rings is 1. The van der Waals surface area contributed by atoms with E-state index >= 15 is 0 Å². The molecule has 1 aromatic carbocycles. The van der Waals surface area contributed by atoms with Gasteiger partial charge in [0.15, 0.2) is 11.5 Å². The van der Waals surface area contributed by atoms with E-state index in [1.165, 1.54) is 19.3 Å². The van der Waals surface area contributed by atoms with Gasteiger partial charge in [0.1, 0.15) is 13.2 Å². The highest BCUT2D eigenvalue weighted by molar-refractivity contribution is 5.44. The van der Waals surface area contributed by atoms with Crippen molar-refractivity contribution in [2.75, 3.05) is 26.3 Å². The molecule has 2 unspecified atom stereocenters. The molecule has 4 heteroatoms. The Labute approximate surface area is 126 Å². The molecule has 0 amide bonds. The van der Waals surface area contributed by atoms with Gasteiger partial charge in [-0.15, -0.1) is 0 Å². The second-order valence-corrected chi connectivity index (χ2v) is 5.97. The maximum atomic E-state index is 10.5. The average molecular weight is 291 g/mol. The van der Waals surface area contributed by atoms with Crippen LogP contribution in [0.5, 0.6) is 11.5 Å². The molecule has 21 heavy (non-hydrogen) atoms. The van der Waals surface area contributed by atoms with Crippen molar-refractivity contribution in [1.82, 2.24) is 4.90 Å². The Hall–Kier alpha value is -1.26. The van der Waals surface area contributed by atoms with Crippen molar-refractivity contribution in [3.05, 3.63) is 23.8 Å². The molecule has 4 nitrogen and oxygen atoms in total. The summed E-state index contributed by atoms with van der Waals surface area (Å²) in [6.07, 6.45) is 4.51. The second-order valence-electron chi connectivity index (χ2n) is 5.97. The third-order valence-corrected chi connectivity index (χ3v) is 4.58. The van der Waals surface area contributed by atoms with E-state index in [0.717, 1.165) is 30.0 Å². The van der Waals surface area contributed by atoms with Crippen molar-refractivity contribution < 1.29 is 14.6 Å². The molecule has 1 aromatic rings. The Bertz CT molecular complexity index is 477. The lowest BCUT2D eigenvalue weighted by molar-refractivity contribution is 0.0652. The molecule has 1 saturated heterocycles. The van der Waals surface area contributed by atoms with Crippen LogP contribution in [0, 0.1) is 0 Å². The number of piperidine rings is 1. The highest BCUT2D eigenvalue weighted by atomic mass is 16.6. The highest BCUT2D eigenvalue weighted by Gasteiger charge is 2.24. The van der Waals surface area contributed by atoms with Crippen LogP contribution >= 0.6 is 0 Å². The van der Waals surface area contributed by atoms with E-state index in [1.54, 1.807) is 0 Å². The van der Waals surface area contributed by atoms with Crippen LogP contribution in [0.2, 0.25) is 0 Å². The summed E-state index contributed by atoms with van der Waals surface area (Å²) >= 11 is 0. The Morgan fingerprint density at radius 2 is 2.05 bits per heavy atom. The monoisotopic (exact) mass is 291 g/mol. The molecule has 0 aromatic heterocycles. The lowest BCUT2D eigenvalue weighted by Gasteiger charge is -2.36. The first-order valence-electron chi connectivity index (χ1n) is 8.09. The molecule has 2 aliphatic rings. The number of likely N-dealkylation sites (tertiary alicyclic amines) is 1. The zero-order valence-electron chi connectivity index (χ0n) is 12.8. The SMILES string of the molecule is CCC1CCCCN1CC(O)c1ccc2c(c1)OCCO2. The van der Waals surface area contributed by atoms with Crippen LogP contribution in [0.4, 0.5) is 0 Å². The Morgan fingerprint density at radius 3 is 2.86 bits per heavy atom. The van der Waals surface area contributed by atoms with Crippen LogP contribution in [-0.2, 0) is 0 Å². The minimum Gasteiger partial charge on any atom is -0.486 e. The fourth-order valence-electron chi connectivity index (χ4n) is 3.36. The van der Waals surface area contributed by atoms with Gasteiger partial charge in [-0.05, 0) is 43.5 Å². The van der Waals surface area contributed by atoms with Crippen molar-refractivity contribution in [2.45, 2.75) is 44.8 Å². The lowest BCUT2D eigenvalue weighted by atomic mass is 9.98. The molecule has 0 radical (unpaired) electrons.